The first-order chi connectivity index (χ1) is 13.0. The monoisotopic (exact) mass is 370 g/mol. The second kappa shape index (κ2) is 10.3. The van der Waals surface area contributed by atoms with Crippen molar-refractivity contribution in [2.45, 2.75) is 32.7 Å². The molecule has 1 amide bonds. The third-order valence-corrected chi connectivity index (χ3v) is 4.31. The zero-order chi connectivity index (χ0) is 19.6. The van der Waals surface area contributed by atoms with Crippen LogP contribution in [0, 0.1) is 5.92 Å². The van der Waals surface area contributed by atoms with Crippen LogP contribution in [0.5, 0.6) is 11.5 Å². The van der Waals surface area contributed by atoms with Crippen molar-refractivity contribution in [1.29, 1.82) is 0 Å². The molecule has 3 N–H and O–H groups in total. The van der Waals surface area contributed by atoms with E-state index in [4.69, 9.17) is 4.74 Å². The molecule has 0 bridgehead atoms. The highest BCUT2D eigenvalue weighted by Crippen LogP contribution is 2.22. The van der Waals surface area contributed by atoms with Gasteiger partial charge in [-0.2, -0.15) is 0 Å². The molecule has 0 aliphatic heterocycles. The summed E-state index contributed by atoms with van der Waals surface area (Å²) in [6, 6.07) is 15.9. The number of carbonyl (C=O) groups is 2. The number of benzene rings is 2. The molecular formula is C21H26N2O4. The molecule has 2 rings (SSSR count). The van der Waals surface area contributed by atoms with Gasteiger partial charge in [0.15, 0.2) is 0 Å². The summed E-state index contributed by atoms with van der Waals surface area (Å²) < 4.78 is 5.71. The standard InChI is InChI=1S/C21H26N2O4/c1-3-15(2)20(21(25)26)22-14-13-19(24)23-16-9-11-18(12-10-16)27-17-7-5-4-6-8-17/h4-12,15,20,22H,3,13-14H2,1-2H3,(H,23,24)(H,25,26)/t15-,20-/m0/s1. The summed E-state index contributed by atoms with van der Waals surface area (Å²) in [6.45, 7) is 4.13. The van der Waals surface area contributed by atoms with Crippen LogP contribution in [0.15, 0.2) is 54.6 Å². The lowest BCUT2D eigenvalue weighted by Crippen LogP contribution is -2.42. The minimum atomic E-state index is -0.890. The van der Waals surface area contributed by atoms with E-state index in [1.807, 2.05) is 44.2 Å². The first kappa shape index (κ1) is 20.5. The highest BCUT2D eigenvalue weighted by molar-refractivity contribution is 5.90. The van der Waals surface area contributed by atoms with Crippen LogP contribution in [-0.2, 0) is 9.59 Å². The lowest BCUT2D eigenvalue weighted by Gasteiger charge is -2.20. The minimum absolute atomic E-state index is 0.00252. The molecule has 0 heterocycles. The maximum atomic E-state index is 12.0. The number of ether oxygens (including phenoxy) is 1. The predicted octanol–water partition coefficient (Wildman–Crippen LogP) is 3.90. The van der Waals surface area contributed by atoms with Crippen molar-refractivity contribution in [2.24, 2.45) is 5.92 Å². The van der Waals surface area contributed by atoms with Crippen LogP contribution in [0.4, 0.5) is 5.69 Å². The molecule has 6 heteroatoms. The van der Waals surface area contributed by atoms with Crippen molar-refractivity contribution in [3.8, 4) is 11.5 Å². The number of hydrogen-bond acceptors (Lipinski definition) is 4. The van der Waals surface area contributed by atoms with Gasteiger partial charge in [0.25, 0.3) is 0 Å². The smallest absolute Gasteiger partial charge is 0.320 e. The normalized spacial score (nSPS) is 12.8. The molecule has 6 nitrogen and oxygen atoms in total. The Kier molecular flexibility index (Phi) is 7.82. The molecule has 2 atom stereocenters. The molecule has 144 valence electrons. The van der Waals surface area contributed by atoms with Gasteiger partial charge in [0.05, 0.1) is 0 Å². The van der Waals surface area contributed by atoms with E-state index in [1.165, 1.54) is 0 Å². The Labute approximate surface area is 159 Å². The Morgan fingerprint density at radius 3 is 2.26 bits per heavy atom. The van der Waals surface area contributed by atoms with Gasteiger partial charge in [0.2, 0.25) is 5.91 Å². The lowest BCUT2D eigenvalue weighted by atomic mass is 9.99. The molecule has 0 aliphatic rings. The quantitative estimate of drug-likeness (QED) is 0.590. The Balaban J connectivity index is 1.79. The second-order valence-corrected chi connectivity index (χ2v) is 6.39. The van der Waals surface area contributed by atoms with E-state index in [1.54, 1.807) is 24.3 Å². The van der Waals surface area contributed by atoms with E-state index in [-0.39, 0.29) is 18.2 Å². The van der Waals surface area contributed by atoms with Crippen molar-refractivity contribution in [1.82, 2.24) is 5.32 Å². The third-order valence-electron chi connectivity index (χ3n) is 4.31. The van der Waals surface area contributed by atoms with Gasteiger partial charge < -0.3 is 20.5 Å². The first-order valence-corrected chi connectivity index (χ1v) is 9.08. The summed E-state index contributed by atoms with van der Waals surface area (Å²) >= 11 is 0. The third kappa shape index (κ3) is 6.75. The molecule has 0 unspecified atom stereocenters. The van der Waals surface area contributed by atoms with Crippen molar-refractivity contribution in [3.05, 3.63) is 54.6 Å². The average Bonchev–Trinajstić information content (AvgIpc) is 2.67. The number of rotatable bonds is 10. The molecule has 2 aromatic carbocycles. The fraction of sp³-hybridized carbons (Fsp3) is 0.333. The van der Waals surface area contributed by atoms with Gasteiger partial charge in [-0.3, -0.25) is 9.59 Å². The zero-order valence-corrected chi connectivity index (χ0v) is 15.6. The van der Waals surface area contributed by atoms with Gasteiger partial charge in [-0.15, -0.1) is 0 Å². The fourth-order valence-electron chi connectivity index (χ4n) is 2.56. The van der Waals surface area contributed by atoms with E-state index < -0.39 is 12.0 Å². The van der Waals surface area contributed by atoms with Gasteiger partial charge in [0.1, 0.15) is 17.5 Å². The Morgan fingerprint density at radius 1 is 1.04 bits per heavy atom. The van der Waals surface area contributed by atoms with Crippen LogP contribution >= 0.6 is 0 Å². The lowest BCUT2D eigenvalue weighted by molar-refractivity contribution is -0.141. The Bertz CT molecular complexity index is 732. The zero-order valence-electron chi connectivity index (χ0n) is 15.6. The maximum Gasteiger partial charge on any atom is 0.320 e. The van der Waals surface area contributed by atoms with Crippen molar-refractivity contribution >= 4 is 17.6 Å². The molecule has 0 aromatic heterocycles. The molecule has 27 heavy (non-hydrogen) atoms. The second-order valence-electron chi connectivity index (χ2n) is 6.39. The van der Waals surface area contributed by atoms with Gasteiger partial charge in [0, 0.05) is 18.7 Å². The molecular weight excluding hydrogens is 344 g/mol. The number of carbonyl (C=O) groups excluding carboxylic acids is 1. The summed E-state index contributed by atoms with van der Waals surface area (Å²) in [5.41, 5.74) is 0.664. The van der Waals surface area contributed by atoms with Gasteiger partial charge in [-0.05, 0) is 42.3 Å². The summed E-state index contributed by atoms with van der Waals surface area (Å²) in [6.07, 6.45) is 0.954. The highest BCUT2D eigenvalue weighted by atomic mass is 16.5. The average molecular weight is 370 g/mol. The molecule has 0 fully saturated rings. The van der Waals surface area contributed by atoms with Gasteiger partial charge in [-0.25, -0.2) is 0 Å². The largest absolute Gasteiger partial charge is 0.480 e. The van der Waals surface area contributed by atoms with E-state index >= 15 is 0 Å². The van der Waals surface area contributed by atoms with Crippen LogP contribution in [0.25, 0.3) is 0 Å². The number of hydrogen-bond donors (Lipinski definition) is 3. The number of aliphatic carboxylic acids is 1. The fourth-order valence-corrected chi connectivity index (χ4v) is 2.56. The minimum Gasteiger partial charge on any atom is -0.480 e. The molecule has 0 spiro atoms. The number of carboxylic acids is 1. The van der Waals surface area contributed by atoms with E-state index in [0.717, 1.165) is 12.2 Å². The Morgan fingerprint density at radius 2 is 1.67 bits per heavy atom. The predicted molar refractivity (Wildman–Crippen MR) is 105 cm³/mol. The van der Waals surface area contributed by atoms with Crippen molar-refractivity contribution in [2.75, 3.05) is 11.9 Å². The van der Waals surface area contributed by atoms with E-state index in [9.17, 15) is 14.7 Å². The number of nitrogens with one attached hydrogen (secondary N) is 2. The van der Waals surface area contributed by atoms with Crippen LogP contribution in [0.1, 0.15) is 26.7 Å². The topological polar surface area (TPSA) is 87.7 Å². The van der Waals surface area contributed by atoms with Crippen molar-refractivity contribution < 1.29 is 19.4 Å². The van der Waals surface area contributed by atoms with Crippen molar-refractivity contribution in [3.63, 3.8) is 0 Å². The van der Waals surface area contributed by atoms with Gasteiger partial charge in [-0.1, -0.05) is 38.5 Å². The summed E-state index contributed by atoms with van der Waals surface area (Å²) in [5.74, 6) is 0.363. The van der Waals surface area contributed by atoms with Crippen LogP contribution < -0.4 is 15.4 Å². The van der Waals surface area contributed by atoms with Gasteiger partial charge >= 0.3 is 5.97 Å². The Hall–Kier alpha value is -2.86. The number of para-hydroxylation sites is 1. The number of anilines is 1. The van der Waals surface area contributed by atoms with E-state index in [0.29, 0.717) is 18.0 Å². The summed E-state index contributed by atoms with van der Waals surface area (Å²) in [4.78, 5) is 23.3. The first-order valence-electron chi connectivity index (χ1n) is 9.08. The molecule has 0 radical (unpaired) electrons. The maximum absolute atomic E-state index is 12.0. The molecule has 2 aromatic rings. The highest BCUT2D eigenvalue weighted by Gasteiger charge is 2.22. The molecule has 0 aliphatic carbocycles. The number of carboxylic acid groups (broad SMARTS) is 1. The van der Waals surface area contributed by atoms with Crippen LogP contribution in [0.3, 0.4) is 0 Å². The number of amides is 1. The van der Waals surface area contributed by atoms with E-state index in [2.05, 4.69) is 10.6 Å². The summed E-state index contributed by atoms with van der Waals surface area (Å²) in [7, 11) is 0. The molecule has 0 saturated heterocycles. The molecule has 0 saturated carbocycles. The SMILES string of the molecule is CC[C@H](C)[C@H](NCCC(=O)Nc1ccc(Oc2ccccc2)cc1)C(=O)O. The summed E-state index contributed by atoms with van der Waals surface area (Å²) in [5, 5.41) is 15.0. The van der Waals surface area contributed by atoms with Crippen LogP contribution in [0.2, 0.25) is 0 Å². The van der Waals surface area contributed by atoms with Crippen LogP contribution in [-0.4, -0.2) is 29.6 Å².